The molecule has 216 valence electrons. The first-order chi connectivity index (χ1) is 19.5. The molecule has 1 fully saturated rings. The predicted octanol–water partition coefficient (Wildman–Crippen LogP) is 4.29. The van der Waals surface area contributed by atoms with Crippen LogP contribution in [-0.2, 0) is 16.1 Å². The van der Waals surface area contributed by atoms with E-state index in [1.54, 1.807) is 9.47 Å². The first-order valence-electron chi connectivity index (χ1n) is 13.5. The first-order valence-corrected chi connectivity index (χ1v) is 13.9. The molecule has 0 bridgehead atoms. The van der Waals surface area contributed by atoms with Crippen LogP contribution in [0.3, 0.4) is 0 Å². The normalized spacial score (nSPS) is 17.0. The minimum atomic E-state index is -0.550. The lowest BCUT2D eigenvalue weighted by molar-refractivity contribution is -0.131. The van der Waals surface area contributed by atoms with Crippen LogP contribution in [0.2, 0.25) is 0 Å². The van der Waals surface area contributed by atoms with Gasteiger partial charge in [-0.15, -0.1) is 0 Å². The number of anilines is 2. The lowest BCUT2D eigenvalue weighted by atomic mass is 9.92. The van der Waals surface area contributed by atoms with Crippen LogP contribution in [0.15, 0.2) is 42.9 Å². The van der Waals surface area contributed by atoms with Gasteiger partial charge in [-0.1, -0.05) is 19.1 Å². The summed E-state index contributed by atoms with van der Waals surface area (Å²) >= 11 is 5.71. The quantitative estimate of drug-likeness (QED) is 0.413. The van der Waals surface area contributed by atoms with Crippen LogP contribution in [0.25, 0.3) is 11.0 Å². The number of aromatic nitrogens is 3. The van der Waals surface area contributed by atoms with Crippen LogP contribution in [-0.4, -0.2) is 68.3 Å². The zero-order valence-corrected chi connectivity index (χ0v) is 24.9. The molecule has 1 saturated heterocycles. The van der Waals surface area contributed by atoms with Crippen molar-refractivity contribution in [1.82, 2.24) is 24.8 Å². The van der Waals surface area contributed by atoms with Gasteiger partial charge in [0.1, 0.15) is 24.2 Å². The number of likely N-dealkylation sites (N-methyl/N-ethyl adjacent to an activating group) is 1. The number of hydrogen-bond donors (Lipinski definition) is 2. The Labute approximate surface area is 245 Å². The Bertz CT molecular complexity index is 1460. The van der Waals surface area contributed by atoms with Crippen molar-refractivity contribution in [2.75, 3.05) is 30.4 Å². The first kappa shape index (κ1) is 29.7. The Morgan fingerprint density at radius 2 is 1.95 bits per heavy atom. The summed E-state index contributed by atoms with van der Waals surface area (Å²) in [5, 5.41) is 16.2. The molecule has 3 heterocycles. The summed E-state index contributed by atoms with van der Waals surface area (Å²) in [6.07, 6.45) is 3.66. The molecule has 0 radical (unpaired) electrons. The number of alkyl carbamates (subject to hydrolysis) is 1. The topological polar surface area (TPSA) is 128 Å². The second-order valence-corrected chi connectivity index (χ2v) is 11.6. The molecule has 0 saturated carbocycles. The third-order valence-corrected chi connectivity index (χ3v) is 7.35. The van der Waals surface area contributed by atoms with Gasteiger partial charge in [0, 0.05) is 38.6 Å². The Balaban J connectivity index is 1.44. The van der Waals surface area contributed by atoms with Gasteiger partial charge in [0.05, 0.1) is 17.5 Å². The molecule has 1 aliphatic rings. The number of fused-ring (bicyclic) bond motifs is 1. The van der Waals surface area contributed by atoms with Gasteiger partial charge in [-0.25, -0.2) is 14.8 Å². The molecule has 0 aliphatic carbocycles. The van der Waals surface area contributed by atoms with Crippen LogP contribution in [0.5, 0.6) is 0 Å². The number of carbonyl (C=O) groups excluding carboxylic acids is 2. The van der Waals surface area contributed by atoms with E-state index in [9.17, 15) is 9.59 Å². The molecule has 4 rings (SSSR count). The van der Waals surface area contributed by atoms with E-state index >= 15 is 0 Å². The summed E-state index contributed by atoms with van der Waals surface area (Å²) in [6, 6.07) is 11.5. The van der Waals surface area contributed by atoms with Crippen LogP contribution >= 0.6 is 12.2 Å². The average molecular weight is 577 g/mol. The lowest BCUT2D eigenvalue weighted by Crippen LogP contribution is -2.52. The van der Waals surface area contributed by atoms with Crippen molar-refractivity contribution in [3.8, 4) is 6.07 Å². The maximum atomic E-state index is 12.4. The fourth-order valence-corrected chi connectivity index (χ4v) is 5.14. The van der Waals surface area contributed by atoms with Crippen molar-refractivity contribution in [3.63, 3.8) is 0 Å². The van der Waals surface area contributed by atoms with Gasteiger partial charge in [-0.05, 0) is 69.1 Å². The standard InChI is InChI=1S/C29H36N8O3S/c1-19-11-14-36(24(38)10-13-30)17-23(19)35(5)25-22-12-15-37(26(22)33-18-32-25)27(41)34-21-8-6-20(7-9-21)16-31-28(39)40-29(2,3)4/h6-9,12,15,18-19,23H,10-11,14,16-17H2,1-5H3,(H,31,39)(H,34,41)/t19-,23+/m1/s1. The van der Waals surface area contributed by atoms with E-state index in [-0.39, 0.29) is 18.4 Å². The van der Waals surface area contributed by atoms with Crippen molar-refractivity contribution in [3.05, 3.63) is 48.4 Å². The molecule has 1 aliphatic heterocycles. The SMILES string of the molecule is C[C@@H]1CCN(C(=O)CC#N)C[C@@H]1N(C)c1ncnc2c1ccn2C(=S)Nc1ccc(CNC(=O)OC(C)(C)C)cc1. The number of nitriles is 1. The Morgan fingerprint density at radius 3 is 2.63 bits per heavy atom. The summed E-state index contributed by atoms with van der Waals surface area (Å²) in [6.45, 7) is 9.18. The largest absolute Gasteiger partial charge is 0.444 e. The number of thiocarbonyl (C=S) groups is 1. The highest BCUT2D eigenvalue weighted by Gasteiger charge is 2.32. The van der Waals surface area contributed by atoms with E-state index in [0.29, 0.717) is 36.3 Å². The van der Waals surface area contributed by atoms with Gasteiger partial charge < -0.3 is 25.2 Å². The number of amides is 2. The molecular formula is C29H36N8O3S. The lowest BCUT2D eigenvalue weighted by Gasteiger charge is -2.42. The number of rotatable bonds is 6. The number of likely N-dealkylation sites (tertiary alicyclic amines) is 1. The second kappa shape index (κ2) is 12.5. The van der Waals surface area contributed by atoms with Gasteiger partial charge in [0.15, 0.2) is 10.8 Å². The maximum absolute atomic E-state index is 12.4. The fraction of sp³-hybridized carbons (Fsp3) is 0.448. The molecule has 2 aromatic heterocycles. The highest BCUT2D eigenvalue weighted by molar-refractivity contribution is 7.80. The van der Waals surface area contributed by atoms with Crippen molar-refractivity contribution in [2.45, 2.75) is 58.7 Å². The number of nitrogens with one attached hydrogen (secondary N) is 2. The van der Waals surface area contributed by atoms with Crippen molar-refractivity contribution >= 4 is 51.9 Å². The van der Waals surface area contributed by atoms with E-state index in [1.165, 1.54) is 6.33 Å². The third-order valence-electron chi connectivity index (χ3n) is 7.05. The third kappa shape index (κ3) is 7.29. The van der Waals surface area contributed by atoms with E-state index < -0.39 is 11.7 Å². The minimum absolute atomic E-state index is 0.0428. The van der Waals surface area contributed by atoms with Crippen molar-refractivity contribution < 1.29 is 14.3 Å². The molecule has 11 nitrogen and oxygen atoms in total. The summed E-state index contributed by atoms with van der Waals surface area (Å²) < 4.78 is 7.08. The summed E-state index contributed by atoms with van der Waals surface area (Å²) in [4.78, 5) is 37.3. The predicted molar refractivity (Wildman–Crippen MR) is 161 cm³/mol. The Morgan fingerprint density at radius 1 is 1.22 bits per heavy atom. The van der Waals surface area contributed by atoms with Crippen LogP contribution in [0.4, 0.5) is 16.3 Å². The Kier molecular flexibility index (Phi) is 9.08. The van der Waals surface area contributed by atoms with Crippen molar-refractivity contribution in [2.24, 2.45) is 5.92 Å². The maximum Gasteiger partial charge on any atom is 0.407 e. The van der Waals surface area contributed by atoms with Crippen LogP contribution in [0.1, 0.15) is 46.1 Å². The molecule has 1 aromatic carbocycles. The van der Waals surface area contributed by atoms with E-state index in [2.05, 4.69) is 32.4 Å². The van der Waals surface area contributed by atoms with Gasteiger partial charge in [-0.3, -0.25) is 9.36 Å². The minimum Gasteiger partial charge on any atom is -0.444 e. The molecule has 41 heavy (non-hydrogen) atoms. The van der Waals surface area contributed by atoms with E-state index in [0.717, 1.165) is 28.9 Å². The van der Waals surface area contributed by atoms with Crippen LogP contribution in [0, 0.1) is 17.2 Å². The summed E-state index contributed by atoms with van der Waals surface area (Å²) in [7, 11) is 1.98. The molecule has 3 aromatic rings. The molecule has 0 unspecified atom stereocenters. The van der Waals surface area contributed by atoms with E-state index in [1.807, 2.05) is 70.4 Å². The molecule has 2 atom stereocenters. The monoisotopic (exact) mass is 576 g/mol. The molecular weight excluding hydrogens is 540 g/mol. The van der Waals surface area contributed by atoms with Crippen molar-refractivity contribution in [1.29, 1.82) is 5.26 Å². The van der Waals surface area contributed by atoms with Crippen LogP contribution < -0.4 is 15.5 Å². The number of benzene rings is 1. The average Bonchev–Trinajstić information content (AvgIpc) is 3.36. The molecule has 12 heteroatoms. The zero-order chi connectivity index (χ0) is 29.7. The summed E-state index contributed by atoms with van der Waals surface area (Å²) in [5.74, 6) is 0.952. The number of piperidine rings is 1. The van der Waals surface area contributed by atoms with Gasteiger partial charge in [-0.2, -0.15) is 5.26 Å². The molecule has 2 N–H and O–H groups in total. The van der Waals surface area contributed by atoms with E-state index in [4.69, 9.17) is 22.2 Å². The number of nitrogens with zero attached hydrogens (tertiary/aromatic N) is 6. The fourth-order valence-electron chi connectivity index (χ4n) is 4.88. The van der Waals surface area contributed by atoms with Gasteiger partial charge >= 0.3 is 6.09 Å². The Hall–Kier alpha value is -4.24. The van der Waals surface area contributed by atoms with Gasteiger partial charge in [0.2, 0.25) is 5.91 Å². The zero-order valence-electron chi connectivity index (χ0n) is 24.0. The summed E-state index contributed by atoms with van der Waals surface area (Å²) in [5.41, 5.74) is 1.83. The smallest absolute Gasteiger partial charge is 0.407 e. The molecule has 0 spiro atoms. The number of hydrogen-bond acceptors (Lipinski definition) is 8. The molecule has 2 amide bonds. The highest BCUT2D eigenvalue weighted by Crippen LogP contribution is 2.30. The number of carbonyl (C=O) groups is 2. The number of ether oxygens (including phenoxy) is 1. The van der Waals surface area contributed by atoms with Gasteiger partial charge in [0.25, 0.3) is 0 Å². The highest BCUT2D eigenvalue weighted by atomic mass is 32.1. The second-order valence-electron chi connectivity index (χ2n) is 11.2.